The number of ether oxygens (including phenoxy) is 1. The molecule has 0 saturated heterocycles. The molecule has 0 aliphatic heterocycles. The average molecular weight is 377 g/mol. The highest BCUT2D eigenvalue weighted by atomic mass is 35.5. The van der Waals surface area contributed by atoms with Crippen LogP contribution in [0.3, 0.4) is 0 Å². The van der Waals surface area contributed by atoms with E-state index in [0.717, 1.165) is 16.5 Å². The lowest BCUT2D eigenvalue weighted by atomic mass is 10.1. The summed E-state index contributed by atoms with van der Waals surface area (Å²) in [7, 11) is 3.11. The Labute approximate surface area is 153 Å². The Morgan fingerprint density at radius 3 is 2.84 bits per heavy atom. The molecule has 0 saturated carbocycles. The van der Waals surface area contributed by atoms with E-state index >= 15 is 0 Å². The molecular formula is C18H17ClN2O3S. The third kappa shape index (κ3) is 3.76. The number of carbonyl (C=O) groups is 1. The topological polar surface area (TPSA) is 60.3 Å². The van der Waals surface area contributed by atoms with Crippen LogP contribution in [0.1, 0.15) is 20.8 Å². The molecule has 0 bridgehead atoms. The zero-order valence-corrected chi connectivity index (χ0v) is 15.4. The molecule has 1 N–H and O–H groups in total. The molecular weight excluding hydrogens is 360 g/mol. The Hall–Kier alpha value is -2.15. The number of fused-ring (bicyclic) bond motifs is 1. The van der Waals surface area contributed by atoms with Crippen molar-refractivity contribution in [3.63, 3.8) is 0 Å². The summed E-state index contributed by atoms with van der Waals surface area (Å²) in [5.41, 5.74) is 2.42. The fourth-order valence-corrected chi connectivity index (χ4v) is 3.64. The monoisotopic (exact) mass is 376 g/mol. The number of aromatic nitrogens is 1. The first-order valence-electron chi connectivity index (χ1n) is 7.64. The van der Waals surface area contributed by atoms with Crippen molar-refractivity contribution < 1.29 is 9.53 Å². The van der Waals surface area contributed by atoms with Crippen LogP contribution in [0.2, 0.25) is 5.02 Å². The molecule has 0 aliphatic carbocycles. The van der Waals surface area contributed by atoms with Crippen molar-refractivity contribution in [3.8, 4) is 0 Å². The largest absolute Gasteiger partial charge is 0.465 e. The van der Waals surface area contributed by atoms with E-state index in [-0.39, 0.29) is 11.5 Å². The lowest BCUT2D eigenvalue weighted by Crippen LogP contribution is -2.25. The van der Waals surface area contributed by atoms with Crippen molar-refractivity contribution in [2.45, 2.75) is 13.1 Å². The second-order valence-corrected chi connectivity index (χ2v) is 7.00. The van der Waals surface area contributed by atoms with Gasteiger partial charge >= 0.3 is 5.97 Å². The number of esters is 1. The summed E-state index contributed by atoms with van der Waals surface area (Å²) in [5, 5.41) is 6.72. The van der Waals surface area contributed by atoms with E-state index in [1.807, 2.05) is 23.6 Å². The highest BCUT2D eigenvalue weighted by Crippen LogP contribution is 2.19. The Bertz CT molecular complexity index is 994. The van der Waals surface area contributed by atoms with Crippen molar-refractivity contribution in [3.05, 3.63) is 67.1 Å². The number of nitrogens with one attached hydrogen (secondary N) is 1. The predicted molar refractivity (Wildman–Crippen MR) is 100 cm³/mol. The molecule has 3 rings (SSSR count). The third-order valence-corrected chi connectivity index (χ3v) is 5.14. The molecule has 0 amide bonds. The fourth-order valence-electron chi connectivity index (χ4n) is 2.65. The molecule has 130 valence electrons. The number of nitrogens with zero attached hydrogens (tertiary/aromatic N) is 1. The van der Waals surface area contributed by atoms with Crippen molar-refractivity contribution in [2.75, 3.05) is 7.11 Å². The van der Waals surface area contributed by atoms with E-state index < -0.39 is 0 Å². The van der Waals surface area contributed by atoms with Gasteiger partial charge in [0.2, 0.25) is 0 Å². The summed E-state index contributed by atoms with van der Waals surface area (Å²) in [6, 6.07) is 9.18. The van der Waals surface area contributed by atoms with Gasteiger partial charge in [-0.3, -0.25) is 4.79 Å². The van der Waals surface area contributed by atoms with Crippen molar-refractivity contribution in [1.29, 1.82) is 0 Å². The van der Waals surface area contributed by atoms with Gasteiger partial charge in [-0.15, -0.1) is 11.3 Å². The summed E-state index contributed by atoms with van der Waals surface area (Å²) >= 11 is 7.35. The summed E-state index contributed by atoms with van der Waals surface area (Å²) in [4.78, 5) is 24.5. The summed E-state index contributed by atoms with van der Waals surface area (Å²) in [6.07, 6.45) is 0. The standard InChI is InChI=1S/C18H17ClN2O3S/c1-21-15-7-14(19)4-3-12(15)6-13(17(21)22)9-20-8-11-5-16(25-10-11)18(23)24-2/h3-7,10,20H,8-9H2,1-2H3. The maximum atomic E-state index is 12.5. The predicted octanol–water partition coefficient (Wildman–Crippen LogP) is 3.33. The number of hydrogen-bond acceptors (Lipinski definition) is 5. The molecule has 0 unspecified atom stereocenters. The van der Waals surface area contributed by atoms with Crippen LogP contribution >= 0.6 is 22.9 Å². The first kappa shape index (κ1) is 17.7. The van der Waals surface area contributed by atoms with Gasteiger partial charge in [0.15, 0.2) is 0 Å². The molecule has 2 aromatic heterocycles. The molecule has 0 radical (unpaired) electrons. The number of aryl methyl sites for hydroxylation is 1. The quantitative estimate of drug-likeness (QED) is 0.694. The smallest absolute Gasteiger partial charge is 0.348 e. The third-order valence-electron chi connectivity index (χ3n) is 3.95. The number of rotatable bonds is 5. The molecule has 0 spiro atoms. The highest BCUT2D eigenvalue weighted by Gasteiger charge is 2.10. The molecule has 2 heterocycles. The van der Waals surface area contributed by atoms with E-state index in [2.05, 4.69) is 5.32 Å². The maximum absolute atomic E-state index is 12.5. The molecule has 0 aliphatic rings. The van der Waals surface area contributed by atoms with Gasteiger partial charge in [-0.1, -0.05) is 17.7 Å². The van der Waals surface area contributed by atoms with E-state index in [1.54, 1.807) is 23.7 Å². The molecule has 0 atom stereocenters. The molecule has 5 nitrogen and oxygen atoms in total. The zero-order valence-electron chi connectivity index (χ0n) is 13.8. The van der Waals surface area contributed by atoms with Crippen molar-refractivity contribution >= 4 is 39.8 Å². The first-order chi connectivity index (χ1) is 12.0. The van der Waals surface area contributed by atoms with Crippen LogP contribution in [-0.2, 0) is 24.9 Å². The van der Waals surface area contributed by atoms with E-state index in [9.17, 15) is 9.59 Å². The summed E-state index contributed by atoms with van der Waals surface area (Å²) in [6.45, 7) is 1.00. The highest BCUT2D eigenvalue weighted by molar-refractivity contribution is 7.12. The number of halogens is 1. The van der Waals surface area contributed by atoms with Gasteiger partial charge in [0, 0.05) is 30.7 Å². The van der Waals surface area contributed by atoms with Crippen LogP contribution in [0.25, 0.3) is 10.9 Å². The SMILES string of the molecule is COC(=O)c1cc(CNCc2cc3ccc(Cl)cc3n(C)c2=O)cs1. The van der Waals surface area contributed by atoms with Crippen molar-refractivity contribution in [2.24, 2.45) is 7.05 Å². The van der Waals surface area contributed by atoms with E-state index in [0.29, 0.717) is 28.6 Å². The Balaban J connectivity index is 1.74. The number of thiophene rings is 1. The van der Waals surface area contributed by atoms with E-state index in [4.69, 9.17) is 16.3 Å². The van der Waals surface area contributed by atoms with Crippen LogP contribution < -0.4 is 10.9 Å². The van der Waals surface area contributed by atoms with Crippen LogP contribution in [0.15, 0.2) is 40.5 Å². The van der Waals surface area contributed by atoms with Crippen LogP contribution in [-0.4, -0.2) is 17.6 Å². The Morgan fingerprint density at radius 1 is 1.28 bits per heavy atom. The van der Waals surface area contributed by atoms with Gasteiger partial charge in [-0.05, 0) is 40.6 Å². The summed E-state index contributed by atoms with van der Waals surface area (Å²) in [5.74, 6) is -0.335. The molecule has 3 aromatic rings. The number of methoxy groups -OCH3 is 1. The minimum Gasteiger partial charge on any atom is -0.465 e. The average Bonchev–Trinajstić information content (AvgIpc) is 3.08. The van der Waals surface area contributed by atoms with Gasteiger partial charge in [-0.2, -0.15) is 0 Å². The van der Waals surface area contributed by atoms with Crippen LogP contribution in [0.5, 0.6) is 0 Å². The summed E-state index contributed by atoms with van der Waals surface area (Å²) < 4.78 is 6.31. The number of pyridine rings is 1. The van der Waals surface area contributed by atoms with Gasteiger partial charge in [-0.25, -0.2) is 4.79 Å². The van der Waals surface area contributed by atoms with Gasteiger partial charge < -0.3 is 14.6 Å². The molecule has 25 heavy (non-hydrogen) atoms. The molecule has 1 aromatic carbocycles. The minimum atomic E-state index is -0.335. The van der Waals surface area contributed by atoms with Gasteiger partial charge in [0.1, 0.15) is 4.88 Å². The Kier molecular flexibility index (Phi) is 5.22. The zero-order chi connectivity index (χ0) is 18.0. The lowest BCUT2D eigenvalue weighted by Gasteiger charge is -2.10. The maximum Gasteiger partial charge on any atom is 0.348 e. The number of carbonyl (C=O) groups excluding carboxylic acids is 1. The number of benzene rings is 1. The number of hydrogen-bond donors (Lipinski definition) is 1. The van der Waals surface area contributed by atoms with Gasteiger partial charge in [0.05, 0.1) is 12.6 Å². The molecule has 7 heteroatoms. The lowest BCUT2D eigenvalue weighted by molar-refractivity contribution is 0.0606. The van der Waals surface area contributed by atoms with Crippen LogP contribution in [0, 0.1) is 0 Å². The van der Waals surface area contributed by atoms with E-state index in [1.165, 1.54) is 18.4 Å². The molecule has 0 fully saturated rings. The minimum absolute atomic E-state index is 0.0529. The fraction of sp³-hybridized carbons (Fsp3) is 0.222. The normalized spacial score (nSPS) is 11.0. The van der Waals surface area contributed by atoms with Gasteiger partial charge in [0.25, 0.3) is 5.56 Å². The Morgan fingerprint density at radius 2 is 2.08 bits per heavy atom. The second-order valence-electron chi connectivity index (χ2n) is 5.65. The first-order valence-corrected chi connectivity index (χ1v) is 8.90. The second kappa shape index (κ2) is 7.39. The van der Waals surface area contributed by atoms with Crippen molar-refractivity contribution in [1.82, 2.24) is 9.88 Å². The van der Waals surface area contributed by atoms with Crippen LogP contribution in [0.4, 0.5) is 0 Å².